The number of halogens is 1. The summed E-state index contributed by atoms with van der Waals surface area (Å²) >= 11 is 5.63. The van der Waals surface area contributed by atoms with Gasteiger partial charge in [-0.3, -0.25) is 4.79 Å². The highest BCUT2D eigenvalue weighted by Gasteiger charge is 2.25. The molecule has 1 aromatic carbocycles. The van der Waals surface area contributed by atoms with Crippen LogP contribution in [0.3, 0.4) is 0 Å². The van der Waals surface area contributed by atoms with Crippen LogP contribution < -0.4 is 0 Å². The van der Waals surface area contributed by atoms with Gasteiger partial charge in [-0.15, -0.1) is 0 Å². The third-order valence-corrected chi connectivity index (χ3v) is 3.25. The fraction of sp³-hybridized carbons (Fsp3) is 0.111. The SMILES string of the molecule is CS(=O)(=O)c1cccc(Cl)c1C(=O)C(=O)O. The second-order valence-corrected chi connectivity index (χ2v) is 5.41. The van der Waals surface area contributed by atoms with Crippen molar-refractivity contribution in [1.82, 2.24) is 0 Å². The number of carboxylic acid groups (broad SMARTS) is 1. The molecular formula is C9H7ClO5S. The van der Waals surface area contributed by atoms with E-state index >= 15 is 0 Å². The van der Waals surface area contributed by atoms with Crippen LogP contribution in [0, 0.1) is 0 Å². The van der Waals surface area contributed by atoms with Crippen molar-refractivity contribution in [3.63, 3.8) is 0 Å². The van der Waals surface area contributed by atoms with Gasteiger partial charge in [-0.1, -0.05) is 17.7 Å². The smallest absolute Gasteiger partial charge is 0.377 e. The van der Waals surface area contributed by atoms with Crippen molar-refractivity contribution in [2.75, 3.05) is 6.26 Å². The minimum atomic E-state index is -3.70. The lowest BCUT2D eigenvalue weighted by Crippen LogP contribution is -2.17. The van der Waals surface area contributed by atoms with E-state index in [0.717, 1.165) is 12.3 Å². The van der Waals surface area contributed by atoms with E-state index in [-0.39, 0.29) is 9.92 Å². The number of hydrogen-bond donors (Lipinski definition) is 1. The van der Waals surface area contributed by atoms with Gasteiger partial charge < -0.3 is 5.11 Å². The highest BCUT2D eigenvalue weighted by Crippen LogP contribution is 2.24. The molecule has 0 amide bonds. The average molecular weight is 263 g/mol. The number of Topliss-reactive ketones (excluding diaryl/α,β-unsaturated/α-hetero) is 1. The van der Waals surface area contributed by atoms with Gasteiger partial charge in [-0.2, -0.15) is 0 Å². The van der Waals surface area contributed by atoms with E-state index in [1.54, 1.807) is 0 Å². The number of ketones is 1. The monoisotopic (exact) mass is 262 g/mol. The van der Waals surface area contributed by atoms with E-state index < -0.39 is 27.2 Å². The van der Waals surface area contributed by atoms with E-state index in [2.05, 4.69) is 0 Å². The van der Waals surface area contributed by atoms with Crippen molar-refractivity contribution in [2.24, 2.45) is 0 Å². The van der Waals surface area contributed by atoms with Crippen LogP contribution in [0.25, 0.3) is 0 Å². The van der Waals surface area contributed by atoms with Crippen molar-refractivity contribution in [3.8, 4) is 0 Å². The summed E-state index contributed by atoms with van der Waals surface area (Å²) in [6, 6.07) is 3.72. The fourth-order valence-electron chi connectivity index (χ4n) is 1.14. The molecule has 0 aromatic heterocycles. The average Bonchev–Trinajstić information content (AvgIpc) is 2.14. The lowest BCUT2D eigenvalue weighted by atomic mass is 10.1. The second kappa shape index (κ2) is 4.23. The minimum absolute atomic E-state index is 0.199. The number of carbonyl (C=O) groups is 2. The molecule has 1 rings (SSSR count). The first-order chi connectivity index (χ1) is 7.25. The molecule has 7 heteroatoms. The molecular weight excluding hydrogens is 256 g/mol. The van der Waals surface area contributed by atoms with Gasteiger partial charge in [0.1, 0.15) is 0 Å². The molecule has 1 N–H and O–H groups in total. The standard InChI is InChI=1S/C9H7ClO5S/c1-16(14,15)6-4-2-3-5(10)7(6)8(11)9(12)13/h2-4H,1H3,(H,12,13). The van der Waals surface area contributed by atoms with Gasteiger partial charge in [0.25, 0.3) is 5.78 Å². The number of hydrogen-bond acceptors (Lipinski definition) is 4. The summed E-state index contributed by atoms with van der Waals surface area (Å²) < 4.78 is 22.7. The Hall–Kier alpha value is -1.40. The van der Waals surface area contributed by atoms with Crippen molar-refractivity contribution in [1.29, 1.82) is 0 Å². The number of rotatable bonds is 3. The molecule has 0 bridgehead atoms. The number of carbonyl (C=O) groups excluding carboxylic acids is 1. The Morgan fingerprint density at radius 3 is 2.31 bits per heavy atom. The molecule has 86 valence electrons. The first kappa shape index (κ1) is 12.7. The highest BCUT2D eigenvalue weighted by atomic mass is 35.5. The fourth-order valence-corrected chi connectivity index (χ4v) is 2.36. The van der Waals surface area contributed by atoms with Gasteiger partial charge in [0.15, 0.2) is 9.84 Å². The number of carboxylic acids is 1. The van der Waals surface area contributed by atoms with Gasteiger partial charge in [-0.25, -0.2) is 13.2 Å². The molecule has 0 radical (unpaired) electrons. The van der Waals surface area contributed by atoms with E-state index in [9.17, 15) is 18.0 Å². The van der Waals surface area contributed by atoms with Crippen LogP contribution in [0.15, 0.2) is 23.1 Å². The highest BCUT2D eigenvalue weighted by molar-refractivity contribution is 7.90. The molecule has 0 aliphatic rings. The normalized spacial score (nSPS) is 11.1. The van der Waals surface area contributed by atoms with Crippen LogP contribution in [0.5, 0.6) is 0 Å². The Kier molecular flexibility index (Phi) is 3.35. The zero-order valence-electron chi connectivity index (χ0n) is 8.10. The lowest BCUT2D eigenvalue weighted by Gasteiger charge is -2.06. The Balaban J connectivity index is 3.60. The zero-order chi connectivity index (χ0) is 12.5. The van der Waals surface area contributed by atoms with Gasteiger partial charge in [0, 0.05) is 6.26 Å². The summed E-state index contributed by atoms with van der Waals surface area (Å²) in [7, 11) is -3.70. The number of sulfone groups is 1. The van der Waals surface area contributed by atoms with Gasteiger partial charge in [-0.05, 0) is 12.1 Å². The summed E-state index contributed by atoms with van der Waals surface area (Å²) in [4.78, 5) is 21.4. The summed E-state index contributed by atoms with van der Waals surface area (Å²) in [6.45, 7) is 0. The molecule has 0 saturated heterocycles. The predicted molar refractivity (Wildman–Crippen MR) is 56.5 cm³/mol. The molecule has 16 heavy (non-hydrogen) atoms. The topological polar surface area (TPSA) is 88.5 Å². The Morgan fingerprint density at radius 1 is 1.31 bits per heavy atom. The van der Waals surface area contributed by atoms with E-state index in [0.29, 0.717) is 0 Å². The minimum Gasteiger partial charge on any atom is -0.475 e. The third kappa shape index (κ3) is 2.40. The van der Waals surface area contributed by atoms with Crippen molar-refractivity contribution < 1.29 is 23.1 Å². The van der Waals surface area contributed by atoms with Crippen molar-refractivity contribution in [3.05, 3.63) is 28.8 Å². The molecule has 0 fully saturated rings. The summed E-state index contributed by atoms with van der Waals surface area (Å²) in [6.07, 6.45) is 0.872. The molecule has 0 aliphatic heterocycles. The molecule has 5 nitrogen and oxygen atoms in total. The second-order valence-electron chi connectivity index (χ2n) is 3.02. The first-order valence-corrected chi connectivity index (χ1v) is 6.28. The Labute approximate surface area is 96.6 Å². The Morgan fingerprint density at radius 2 is 1.88 bits per heavy atom. The van der Waals surface area contributed by atoms with Crippen LogP contribution >= 0.6 is 11.6 Å². The molecule has 0 heterocycles. The summed E-state index contributed by atoms with van der Waals surface area (Å²) in [5.74, 6) is -3.09. The van der Waals surface area contributed by atoms with E-state index in [1.807, 2.05) is 0 Å². The van der Waals surface area contributed by atoms with Gasteiger partial charge >= 0.3 is 5.97 Å². The van der Waals surface area contributed by atoms with Gasteiger partial charge in [0.05, 0.1) is 15.5 Å². The molecule has 1 aromatic rings. The number of aliphatic carboxylic acids is 1. The third-order valence-electron chi connectivity index (χ3n) is 1.80. The Bertz CT molecular complexity index is 561. The molecule has 0 saturated carbocycles. The maximum atomic E-state index is 11.3. The molecule has 0 spiro atoms. The zero-order valence-corrected chi connectivity index (χ0v) is 9.67. The summed E-state index contributed by atoms with van der Waals surface area (Å²) in [5.41, 5.74) is -0.501. The molecule has 0 atom stereocenters. The van der Waals surface area contributed by atoms with Crippen molar-refractivity contribution in [2.45, 2.75) is 4.90 Å². The van der Waals surface area contributed by atoms with Crippen LogP contribution in [0.2, 0.25) is 5.02 Å². The quantitative estimate of drug-likeness (QED) is 0.649. The predicted octanol–water partition coefficient (Wildman–Crippen LogP) is 1.01. The van der Waals surface area contributed by atoms with Crippen LogP contribution in [-0.2, 0) is 14.6 Å². The van der Waals surface area contributed by atoms with Crippen LogP contribution in [-0.4, -0.2) is 31.5 Å². The van der Waals surface area contributed by atoms with Crippen molar-refractivity contribution >= 4 is 33.2 Å². The molecule has 0 aliphatic carbocycles. The van der Waals surface area contributed by atoms with Crippen LogP contribution in [0.1, 0.15) is 10.4 Å². The molecule has 0 unspecified atom stereocenters. The summed E-state index contributed by atoms with van der Waals surface area (Å²) in [5, 5.41) is 8.35. The lowest BCUT2D eigenvalue weighted by molar-refractivity contribution is -0.131. The maximum Gasteiger partial charge on any atom is 0.377 e. The maximum absolute atomic E-state index is 11.3. The largest absolute Gasteiger partial charge is 0.475 e. The number of benzene rings is 1. The van der Waals surface area contributed by atoms with Crippen LogP contribution in [0.4, 0.5) is 0 Å². The van der Waals surface area contributed by atoms with Gasteiger partial charge in [0.2, 0.25) is 0 Å². The first-order valence-electron chi connectivity index (χ1n) is 4.01. The van der Waals surface area contributed by atoms with E-state index in [1.165, 1.54) is 12.1 Å². The van der Waals surface area contributed by atoms with E-state index in [4.69, 9.17) is 16.7 Å².